The zero-order valence-electron chi connectivity index (χ0n) is 12.2. The maximum absolute atomic E-state index is 6.24. The lowest BCUT2D eigenvalue weighted by Crippen LogP contribution is -2.34. The Morgan fingerprint density at radius 3 is 2.43 bits per heavy atom. The molecule has 1 heterocycles. The van der Waals surface area contributed by atoms with Gasteiger partial charge in [0.1, 0.15) is 0 Å². The summed E-state index contributed by atoms with van der Waals surface area (Å²) in [6, 6.07) is 18.3. The fourth-order valence-electron chi connectivity index (χ4n) is 2.49. The molecule has 1 atom stereocenters. The van der Waals surface area contributed by atoms with E-state index < -0.39 is 0 Å². The summed E-state index contributed by atoms with van der Waals surface area (Å²) in [6.07, 6.45) is 0. The Bertz CT molecular complexity index is 751. The van der Waals surface area contributed by atoms with Crippen molar-refractivity contribution in [2.75, 3.05) is 11.2 Å². The summed E-state index contributed by atoms with van der Waals surface area (Å²) in [6.45, 7) is 2.09. The molecular formula is C17H18ClN3. The van der Waals surface area contributed by atoms with Crippen LogP contribution in [0.15, 0.2) is 54.6 Å². The Hall–Kier alpha value is -2.00. The SMILES string of the molecule is Cn1c(NC(C)(CCl)c2ccccc2)nc2ccccc21. The standard InChI is InChI=1S/C17H18ClN3/c1-17(12-18,13-8-4-3-5-9-13)20-16-19-14-10-6-7-11-15(14)21(16)2/h3-11H,12H2,1-2H3,(H,19,20). The number of aromatic nitrogens is 2. The molecule has 1 N–H and O–H groups in total. The molecule has 21 heavy (non-hydrogen) atoms. The second kappa shape index (κ2) is 5.41. The average molecular weight is 300 g/mol. The van der Waals surface area contributed by atoms with E-state index in [1.54, 1.807) is 0 Å². The molecule has 0 radical (unpaired) electrons. The number of imidazole rings is 1. The Morgan fingerprint density at radius 2 is 1.76 bits per heavy atom. The number of para-hydroxylation sites is 2. The molecule has 4 heteroatoms. The van der Waals surface area contributed by atoms with E-state index in [1.807, 2.05) is 43.4 Å². The van der Waals surface area contributed by atoms with Crippen molar-refractivity contribution in [2.24, 2.45) is 7.05 Å². The molecule has 0 saturated carbocycles. The number of nitrogens with zero attached hydrogens (tertiary/aromatic N) is 2. The molecule has 3 nitrogen and oxygen atoms in total. The lowest BCUT2D eigenvalue weighted by atomic mass is 9.94. The molecule has 0 aliphatic rings. The third-order valence-corrected chi connectivity index (χ3v) is 4.39. The number of aryl methyl sites for hydroxylation is 1. The van der Waals surface area contributed by atoms with E-state index in [0.717, 1.165) is 22.5 Å². The molecule has 0 spiro atoms. The first kappa shape index (κ1) is 14.0. The number of alkyl halides is 1. The highest BCUT2D eigenvalue weighted by atomic mass is 35.5. The van der Waals surface area contributed by atoms with Crippen molar-refractivity contribution < 1.29 is 0 Å². The minimum atomic E-state index is -0.363. The van der Waals surface area contributed by atoms with Gasteiger partial charge in [-0.15, -0.1) is 11.6 Å². The Kier molecular flexibility index (Phi) is 3.60. The molecule has 3 aromatic rings. The van der Waals surface area contributed by atoms with E-state index in [-0.39, 0.29) is 5.54 Å². The summed E-state index contributed by atoms with van der Waals surface area (Å²) in [5.74, 6) is 1.28. The molecule has 0 aliphatic heterocycles. The molecule has 0 bridgehead atoms. The molecule has 2 aromatic carbocycles. The predicted octanol–water partition coefficient (Wildman–Crippen LogP) is 4.14. The highest BCUT2D eigenvalue weighted by Crippen LogP contribution is 2.28. The lowest BCUT2D eigenvalue weighted by Gasteiger charge is -2.29. The highest BCUT2D eigenvalue weighted by Gasteiger charge is 2.27. The molecular weight excluding hydrogens is 282 g/mol. The first-order valence-corrected chi connectivity index (χ1v) is 7.49. The summed E-state index contributed by atoms with van der Waals surface area (Å²) in [4.78, 5) is 4.66. The zero-order valence-corrected chi connectivity index (χ0v) is 12.9. The van der Waals surface area contributed by atoms with Gasteiger partial charge in [-0.25, -0.2) is 4.98 Å². The summed E-state index contributed by atoms with van der Waals surface area (Å²) in [5.41, 5.74) is 2.86. The third kappa shape index (κ3) is 2.49. The summed E-state index contributed by atoms with van der Waals surface area (Å²) >= 11 is 6.24. The molecule has 0 saturated heterocycles. The van der Waals surface area contributed by atoms with E-state index in [0.29, 0.717) is 5.88 Å². The summed E-state index contributed by atoms with van der Waals surface area (Å²) in [7, 11) is 2.01. The predicted molar refractivity (Wildman–Crippen MR) is 88.9 cm³/mol. The van der Waals surface area contributed by atoms with Crippen LogP contribution in [0.2, 0.25) is 0 Å². The molecule has 0 aliphatic carbocycles. The van der Waals surface area contributed by atoms with Crippen LogP contribution in [0.25, 0.3) is 11.0 Å². The number of rotatable bonds is 4. The van der Waals surface area contributed by atoms with E-state index in [4.69, 9.17) is 11.6 Å². The number of fused-ring (bicyclic) bond motifs is 1. The first-order chi connectivity index (χ1) is 10.1. The quantitative estimate of drug-likeness (QED) is 0.734. The Balaban J connectivity index is 2.01. The van der Waals surface area contributed by atoms with Crippen molar-refractivity contribution in [1.82, 2.24) is 9.55 Å². The van der Waals surface area contributed by atoms with Gasteiger partial charge in [-0.3, -0.25) is 0 Å². The van der Waals surface area contributed by atoms with Gasteiger partial charge in [-0.05, 0) is 24.6 Å². The van der Waals surface area contributed by atoms with Gasteiger partial charge in [-0.2, -0.15) is 0 Å². The zero-order chi connectivity index (χ0) is 14.9. The molecule has 108 valence electrons. The van der Waals surface area contributed by atoms with Gasteiger partial charge in [0.15, 0.2) is 0 Å². The number of benzene rings is 2. The molecule has 1 aromatic heterocycles. The number of anilines is 1. The number of halogens is 1. The second-order valence-electron chi connectivity index (χ2n) is 5.44. The van der Waals surface area contributed by atoms with Gasteiger partial charge in [-0.1, -0.05) is 42.5 Å². The topological polar surface area (TPSA) is 29.9 Å². The van der Waals surface area contributed by atoms with E-state index in [2.05, 4.69) is 40.0 Å². The highest BCUT2D eigenvalue weighted by molar-refractivity contribution is 6.18. The van der Waals surface area contributed by atoms with Gasteiger partial charge in [0.05, 0.1) is 16.6 Å². The maximum atomic E-state index is 6.24. The fraction of sp³-hybridized carbons (Fsp3) is 0.235. The van der Waals surface area contributed by atoms with Crippen LogP contribution in [0.4, 0.5) is 5.95 Å². The molecule has 0 amide bonds. The van der Waals surface area contributed by atoms with Crippen molar-refractivity contribution in [1.29, 1.82) is 0 Å². The van der Waals surface area contributed by atoms with Crippen LogP contribution in [-0.2, 0) is 12.6 Å². The van der Waals surface area contributed by atoms with Crippen LogP contribution in [0.5, 0.6) is 0 Å². The van der Waals surface area contributed by atoms with Crippen LogP contribution < -0.4 is 5.32 Å². The van der Waals surface area contributed by atoms with Gasteiger partial charge < -0.3 is 9.88 Å². The Labute approximate surface area is 129 Å². The summed E-state index contributed by atoms with van der Waals surface area (Å²) < 4.78 is 2.06. The van der Waals surface area contributed by atoms with E-state index in [1.165, 1.54) is 0 Å². The summed E-state index contributed by atoms with van der Waals surface area (Å²) in [5, 5.41) is 3.50. The van der Waals surface area contributed by atoms with Gasteiger partial charge >= 0.3 is 0 Å². The maximum Gasteiger partial charge on any atom is 0.204 e. The van der Waals surface area contributed by atoms with Crippen LogP contribution >= 0.6 is 11.6 Å². The van der Waals surface area contributed by atoms with E-state index >= 15 is 0 Å². The van der Waals surface area contributed by atoms with Gasteiger partial charge in [0, 0.05) is 12.9 Å². The monoisotopic (exact) mass is 299 g/mol. The van der Waals surface area contributed by atoms with Gasteiger partial charge in [0.25, 0.3) is 0 Å². The lowest BCUT2D eigenvalue weighted by molar-refractivity contribution is 0.605. The number of nitrogens with one attached hydrogen (secondary N) is 1. The van der Waals surface area contributed by atoms with Crippen molar-refractivity contribution >= 4 is 28.6 Å². The van der Waals surface area contributed by atoms with Crippen molar-refractivity contribution in [3.05, 3.63) is 60.2 Å². The average Bonchev–Trinajstić information content (AvgIpc) is 2.84. The van der Waals surface area contributed by atoms with Crippen molar-refractivity contribution in [2.45, 2.75) is 12.5 Å². The smallest absolute Gasteiger partial charge is 0.204 e. The number of hydrogen-bond acceptors (Lipinski definition) is 2. The number of hydrogen-bond donors (Lipinski definition) is 1. The van der Waals surface area contributed by atoms with E-state index in [9.17, 15) is 0 Å². The Morgan fingerprint density at radius 1 is 1.10 bits per heavy atom. The third-order valence-electron chi connectivity index (χ3n) is 3.85. The molecule has 3 rings (SSSR count). The van der Waals surface area contributed by atoms with Crippen LogP contribution in [0, 0.1) is 0 Å². The molecule has 0 fully saturated rings. The van der Waals surface area contributed by atoms with Crippen LogP contribution in [-0.4, -0.2) is 15.4 Å². The first-order valence-electron chi connectivity index (χ1n) is 6.95. The van der Waals surface area contributed by atoms with Crippen molar-refractivity contribution in [3.8, 4) is 0 Å². The van der Waals surface area contributed by atoms with Crippen molar-refractivity contribution in [3.63, 3.8) is 0 Å². The second-order valence-corrected chi connectivity index (χ2v) is 5.71. The minimum absolute atomic E-state index is 0.363. The normalized spacial score (nSPS) is 14.0. The minimum Gasteiger partial charge on any atom is -0.345 e. The fourth-order valence-corrected chi connectivity index (χ4v) is 2.71. The van der Waals surface area contributed by atoms with Crippen LogP contribution in [0.3, 0.4) is 0 Å². The van der Waals surface area contributed by atoms with Crippen LogP contribution in [0.1, 0.15) is 12.5 Å². The largest absolute Gasteiger partial charge is 0.345 e. The molecule has 1 unspecified atom stereocenters. The van der Waals surface area contributed by atoms with Gasteiger partial charge in [0.2, 0.25) is 5.95 Å².